The van der Waals surface area contributed by atoms with Crippen molar-refractivity contribution in [1.29, 1.82) is 5.26 Å². The Hall–Kier alpha value is -1.08. The Kier molecular flexibility index (Phi) is 4.75. The van der Waals surface area contributed by atoms with Gasteiger partial charge in [0.2, 0.25) is 5.91 Å². The van der Waals surface area contributed by atoms with E-state index >= 15 is 0 Å². The predicted octanol–water partition coefficient (Wildman–Crippen LogP) is 1.14. The third kappa shape index (κ3) is 3.82. The number of likely N-dealkylation sites (N-methyl/N-ethyl adjacent to an activating group) is 1. The van der Waals surface area contributed by atoms with Crippen molar-refractivity contribution in [1.82, 2.24) is 10.2 Å². The minimum Gasteiger partial charge on any atom is -0.352 e. The second-order valence-electron chi connectivity index (χ2n) is 4.58. The molecule has 2 atom stereocenters. The summed E-state index contributed by atoms with van der Waals surface area (Å²) in [5.74, 6) is 0.0608. The normalized spacial score (nSPS) is 18.9. The van der Waals surface area contributed by atoms with Crippen molar-refractivity contribution < 1.29 is 4.79 Å². The van der Waals surface area contributed by atoms with Crippen LogP contribution in [-0.2, 0) is 4.79 Å². The van der Waals surface area contributed by atoms with E-state index in [2.05, 4.69) is 11.4 Å². The lowest BCUT2D eigenvalue weighted by Crippen LogP contribution is -2.47. The first-order valence-corrected chi connectivity index (χ1v) is 6.02. The summed E-state index contributed by atoms with van der Waals surface area (Å²) in [5.41, 5.74) is 0. The molecule has 4 heteroatoms. The minimum atomic E-state index is -0.138. The van der Waals surface area contributed by atoms with Gasteiger partial charge >= 0.3 is 0 Å². The molecule has 0 spiro atoms. The summed E-state index contributed by atoms with van der Waals surface area (Å²) in [4.78, 5) is 13.9. The average molecular weight is 223 g/mol. The van der Waals surface area contributed by atoms with Crippen LogP contribution in [-0.4, -0.2) is 36.0 Å². The molecule has 1 N–H and O–H groups in total. The van der Waals surface area contributed by atoms with Crippen molar-refractivity contribution in [3.8, 4) is 6.07 Å². The number of carbonyl (C=O) groups excluding carboxylic acids is 1. The van der Waals surface area contributed by atoms with Gasteiger partial charge in [-0.05, 0) is 33.2 Å². The molecule has 90 valence electrons. The minimum absolute atomic E-state index is 0.0314. The molecular formula is C12H21N3O. The summed E-state index contributed by atoms with van der Waals surface area (Å²) in [6, 6.07) is 2.47. The molecule has 0 aromatic heterocycles. The van der Waals surface area contributed by atoms with Crippen molar-refractivity contribution in [3.05, 3.63) is 0 Å². The predicted molar refractivity (Wildman–Crippen MR) is 62.7 cm³/mol. The number of nitrogens with one attached hydrogen (secondary N) is 1. The number of hydrogen-bond donors (Lipinski definition) is 1. The molecular weight excluding hydrogens is 202 g/mol. The van der Waals surface area contributed by atoms with E-state index in [0.29, 0.717) is 12.6 Å². The zero-order chi connectivity index (χ0) is 12.1. The number of hydrogen-bond acceptors (Lipinski definition) is 3. The second-order valence-corrected chi connectivity index (χ2v) is 4.58. The largest absolute Gasteiger partial charge is 0.352 e. The lowest BCUT2D eigenvalue weighted by atomic mass is 10.1. The molecule has 0 heterocycles. The van der Waals surface area contributed by atoms with E-state index in [4.69, 9.17) is 5.26 Å². The highest BCUT2D eigenvalue weighted by atomic mass is 16.2. The van der Waals surface area contributed by atoms with Gasteiger partial charge in [0, 0.05) is 12.6 Å². The zero-order valence-electron chi connectivity index (χ0n) is 10.4. The second kappa shape index (κ2) is 5.86. The standard InChI is InChI=1S/C12H21N3O/c1-4-15(8-9(2)7-13)10(3)12(16)14-11-5-6-11/h9-11H,4-6,8H2,1-3H3,(H,14,16). The molecule has 1 fully saturated rings. The number of rotatable bonds is 6. The van der Waals surface area contributed by atoms with Crippen LogP contribution in [0.1, 0.15) is 33.6 Å². The number of carbonyl (C=O) groups is 1. The van der Waals surface area contributed by atoms with E-state index in [0.717, 1.165) is 19.4 Å². The van der Waals surface area contributed by atoms with Crippen molar-refractivity contribution in [2.24, 2.45) is 5.92 Å². The molecule has 1 aliphatic carbocycles. The average Bonchev–Trinajstić information content (AvgIpc) is 3.08. The maximum absolute atomic E-state index is 11.8. The fourth-order valence-corrected chi connectivity index (χ4v) is 1.67. The fourth-order valence-electron chi connectivity index (χ4n) is 1.67. The van der Waals surface area contributed by atoms with Crippen LogP contribution >= 0.6 is 0 Å². The highest BCUT2D eigenvalue weighted by Gasteiger charge is 2.28. The lowest BCUT2D eigenvalue weighted by molar-refractivity contribution is -0.126. The molecule has 1 aliphatic rings. The van der Waals surface area contributed by atoms with Gasteiger partial charge in [-0.15, -0.1) is 0 Å². The quantitative estimate of drug-likeness (QED) is 0.734. The van der Waals surface area contributed by atoms with E-state index in [1.54, 1.807) is 0 Å². The Morgan fingerprint density at radius 1 is 1.56 bits per heavy atom. The molecule has 2 unspecified atom stereocenters. The first kappa shape index (κ1) is 13.0. The first-order chi connectivity index (χ1) is 7.58. The van der Waals surface area contributed by atoms with Crippen LogP contribution in [0.4, 0.5) is 0 Å². The van der Waals surface area contributed by atoms with E-state index in [-0.39, 0.29) is 17.9 Å². The summed E-state index contributed by atoms with van der Waals surface area (Å²) < 4.78 is 0. The number of nitriles is 1. The SMILES string of the molecule is CCN(CC(C)C#N)C(C)C(=O)NC1CC1. The van der Waals surface area contributed by atoms with E-state index < -0.39 is 0 Å². The van der Waals surface area contributed by atoms with Gasteiger partial charge in [-0.1, -0.05) is 6.92 Å². The van der Waals surface area contributed by atoms with Crippen LogP contribution in [0.2, 0.25) is 0 Å². The Morgan fingerprint density at radius 3 is 2.62 bits per heavy atom. The van der Waals surface area contributed by atoms with Crippen LogP contribution in [0.3, 0.4) is 0 Å². The van der Waals surface area contributed by atoms with E-state index in [9.17, 15) is 4.79 Å². The maximum atomic E-state index is 11.8. The molecule has 1 amide bonds. The molecule has 0 aromatic rings. The Bertz CT molecular complexity index is 280. The molecule has 1 saturated carbocycles. The maximum Gasteiger partial charge on any atom is 0.237 e. The van der Waals surface area contributed by atoms with Gasteiger partial charge in [0.1, 0.15) is 0 Å². The number of amides is 1. The summed E-state index contributed by atoms with van der Waals surface area (Å²) in [6.07, 6.45) is 2.22. The van der Waals surface area contributed by atoms with Crippen LogP contribution in [0, 0.1) is 17.2 Å². The lowest BCUT2D eigenvalue weighted by Gasteiger charge is -2.27. The molecule has 0 radical (unpaired) electrons. The highest BCUT2D eigenvalue weighted by molar-refractivity contribution is 5.81. The summed E-state index contributed by atoms with van der Waals surface area (Å²) >= 11 is 0. The van der Waals surface area contributed by atoms with Crippen LogP contribution in [0.15, 0.2) is 0 Å². The van der Waals surface area contributed by atoms with Gasteiger partial charge in [-0.25, -0.2) is 0 Å². The van der Waals surface area contributed by atoms with Crippen LogP contribution < -0.4 is 5.32 Å². The van der Waals surface area contributed by atoms with Gasteiger partial charge in [-0.2, -0.15) is 5.26 Å². The molecule has 0 saturated heterocycles. The Balaban J connectivity index is 2.43. The van der Waals surface area contributed by atoms with Crippen molar-refractivity contribution in [2.75, 3.05) is 13.1 Å². The Morgan fingerprint density at radius 2 is 2.19 bits per heavy atom. The third-order valence-electron chi connectivity index (χ3n) is 2.99. The first-order valence-electron chi connectivity index (χ1n) is 6.02. The van der Waals surface area contributed by atoms with Crippen LogP contribution in [0.25, 0.3) is 0 Å². The van der Waals surface area contributed by atoms with Crippen molar-refractivity contribution in [3.63, 3.8) is 0 Å². The monoisotopic (exact) mass is 223 g/mol. The molecule has 0 bridgehead atoms. The van der Waals surface area contributed by atoms with Gasteiger partial charge in [0.15, 0.2) is 0 Å². The smallest absolute Gasteiger partial charge is 0.237 e. The zero-order valence-corrected chi connectivity index (χ0v) is 10.4. The van der Waals surface area contributed by atoms with Crippen molar-refractivity contribution in [2.45, 2.75) is 45.7 Å². The number of nitrogens with zero attached hydrogens (tertiary/aromatic N) is 2. The van der Waals surface area contributed by atoms with Gasteiger partial charge < -0.3 is 5.32 Å². The third-order valence-corrected chi connectivity index (χ3v) is 2.99. The molecule has 4 nitrogen and oxygen atoms in total. The fraction of sp³-hybridized carbons (Fsp3) is 0.833. The van der Waals surface area contributed by atoms with Gasteiger partial charge in [0.25, 0.3) is 0 Å². The Labute approximate surface area is 97.6 Å². The van der Waals surface area contributed by atoms with Gasteiger partial charge in [-0.3, -0.25) is 9.69 Å². The summed E-state index contributed by atoms with van der Waals surface area (Å²) in [6.45, 7) is 7.27. The summed E-state index contributed by atoms with van der Waals surface area (Å²) in [5, 5.41) is 11.8. The van der Waals surface area contributed by atoms with E-state index in [1.165, 1.54) is 0 Å². The topological polar surface area (TPSA) is 56.1 Å². The molecule has 1 rings (SSSR count). The van der Waals surface area contributed by atoms with E-state index in [1.807, 2.05) is 25.7 Å². The molecule has 16 heavy (non-hydrogen) atoms. The molecule has 0 aromatic carbocycles. The highest BCUT2D eigenvalue weighted by Crippen LogP contribution is 2.19. The van der Waals surface area contributed by atoms with Crippen molar-refractivity contribution >= 4 is 5.91 Å². The van der Waals surface area contributed by atoms with Gasteiger partial charge in [0.05, 0.1) is 18.0 Å². The summed E-state index contributed by atoms with van der Waals surface area (Å²) in [7, 11) is 0. The van der Waals surface area contributed by atoms with Crippen LogP contribution in [0.5, 0.6) is 0 Å². The molecule has 0 aliphatic heterocycles.